The van der Waals surface area contributed by atoms with Gasteiger partial charge in [-0.25, -0.2) is 4.98 Å². The van der Waals surface area contributed by atoms with E-state index in [0.29, 0.717) is 13.2 Å². The molecule has 1 aromatic heterocycles. The molecule has 0 bridgehead atoms. The van der Waals surface area contributed by atoms with E-state index in [1.807, 2.05) is 13.8 Å². The van der Waals surface area contributed by atoms with Gasteiger partial charge in [0.15, 0.2) is 5.96 Å². The minimum Gasteiger partial charge on any atom is -0.494 e. The Hall–Kier alpha value is -1.55. The summed E-state index contributed by atoms with van der Waals surface area (Å²) in [5, 5.41) is 9.91. The molecule has 1 aliphatic heterocycles. The SMILES string of the molecule is CCOc1cc2c(cc1CNC(=NC)NCCc1csc(C)n1)OC(C)C2.I. The fraction of sp³-hybridized carbons (Fsp3) is 0.500. The maximum absolute atomic E-state index is 5.89. The van der Waals surface area contributed by atoms with Gasteiger partial charge in [-0.3, -0.25) is 4.99 Å². The maximum atomic E-state index is 5.89. The van der Waals surface area contributed by atoms with Gasteiger partial charge < -0.3 is 20.1 Å². The largest absolute Gasteiger partial charge is 0.494 e. The second kappa shape index (κ2) is 10.8. The zero-order chi connectivity index (χ0) is 19.2. The Labute approximate surface area is 188 Å². The Bertz CT molecular complexity index is 809. The molecule has 0 aliphatic carbocycles. The second-order valence-electron chi connectivity index (χ2n) is 6.59. The third-order valence-corrected chi connectivity index (χ3v) is 5.21. The first-order chi connectivity index (χ1) is 13.1. The number of aromatic nitrogens is 1. The fourth-order valence-corrected chi connectivity index (χ4v) is 3.79. The summed E-state index contributed by atoms with van der Waals surface area (Å²) in [4.78, 5) is 8.79. The van der Waals surface area contributed by atoms with E-state index in [2.05, 4.69) is 45.0 Å². The number of thiazole rings is 1. The van der Waals surface area contributed by atoms with Crippen LogP contribution in [0.1, 0.15) is 35.7 Å². The first kappa shape index (κ1) is 22.7. The number of fused-ring (bicyclic) bond motifs is 1. The molecule has 154 valence electrons. The van der Waals surface area contributed by atoms with E-state index in [1.54, 1.807) is 18.4 Å². The molecule has 3 rings (SSSR count). The van der Waals surface area contributed by atoms with Crippen LogP contribution in [-0.2, 0) is 19.4 Å². The highest BCUT2D eigenvalue weighted by molar-refractivity contribution is 14.0. The number of rotatable bonds is 7. The minimum absolute atomic E-state index is 0. The number of nitrogens with one attached hydrogen (secondary N) is 2. The Balaban J connectivity index is 0.00000280. The Morgan fingerprint density at radius 3 is 2.89 bits per heavy atom. The molecular weight excluding hydrogens is 487 g/mol. The van der Waals surface area contributed by atoms with Crippen LogP contribution >= 0.6 is 35.3 Å². The van der Waals surface area contributed by atoms with Crippen molar-refractivity contribution >= 4 is 41.3 Å². The topological polar surface area (TPSA) is 67.8 Å². The summed E-state index contributed by atoms with van der Waals surface area (Å²) in [6.07, 6.45) is 2.03. The number of guanidine groups is 1. The van der Waals surface area contributed by atoms with Crippen molar-refractivity contribution in [2.75, 3.05) is 20.2 Å². The van der Waals surface area contributed by atoms with Crippen LogP contribution in [-0.4, -0.2) is 37.2 Å². The highest BCUT2D eigenvalue weighted by Gasteiger charge is 2.21. The molecular formula is C20H29IN4O2S. The molecule has 0 saturated carbocycles. The van der Waals surface area contributed by atoms with Crippen LogP contribution < -0.4 is 20.1 Å². The predicted molar refractivity (Wildman–Crippen MR) is 126 cm³/mol. The van der Waals surface area contributed by atoms with Crippen LogP contribution in [0.4, 0.5) is 0 Å². The first-order valence-corrected chi connectivity index (χ1v) is 10.3. The molecule has 0 amide bonds. The summed E-state index contributed by atoms with van der Waals surface area (Å²) in [7, 11) is 1.78. The van der Waals surface area contributed by atoms with Gasteiger partial charge in [0.2, 0.25) is 0 Å². The standard InChI is InChI=1S/C20H28N4O2S.HI/c1-5-25-18-9-15-8-13(2)26-19(15)10-16(18)11-23-20(21-4)22-7-6-17-12-27-14(3)24-17;/h9-10,12-13H,5-8,11H2,1-4H3,(H2,21,22,23);1H. The summed E-state index contributed by atoms with van der Waals surface area (Å²) in [5.41, 5.74) is 3.41. The zero-order valence-electron chi connectivity index (χ0n) is 16.9. The molecule has 0 spiro atoms. The van der Waals surface area contributed by atoms with Gasteiger partial charge in [0.1, 0.15) is 17.6 Å². The Kier molecular flexibility index (Phi) is 8.81. The minimum atomic E-state index is 0. The third kappa shape index (κ3) is 5.97. The number of hydrogen-bond acceptors (Lipinski definition) is 5. The van der Waals surface area contributed by atoms with Gasteiger partial charge in [0.25, 0.3) is 0 Å². The van der Waals surface area contributed by atoms with E-state index in [4.69, 9.17) is 9.47 Å². The molecule has 2 N–H and O–H groups in total. The Morgan fingerprint density at radius 1 is 1.39 bits per heavy atom. The van der Waals surface area contributed by atoms with Gasteiger partial charge in [-0.2, -0.15) is 0 Å². The van der Waals surface area contributed by atoms with Crippen LogP contribution in [0.3, 0.4) is 0 Å². The van der Waals surface area contributed by atoms with Crippen molar-refractivity contribution in [3.05, 3.63) is 39.3 Å². The molecule has 28 heavy (non-hydrogen) atoms. The van der Waals surface area contributed by atoms with Crippen LogP contribution in [0.2, 0.25) is 0 Å². The van der Waals surface area contributed by atoms with Gasteiger partial charge >= 0.3 is 0 Å². The number of halogens is 1. The number of nitrogens with zero attached hydrogens (tertiary/aromatic N) is 2. The van der Waals surface area contributed by atoms with Crippen molar-refractivity contribution in [3.63, 3.8) is 0 Å². The van der Waals surface area contributed by atoms with Crippen LogP contribution in [0, 0.1) is 6.92 Å². The summed E-state index contributed by atoms with van der Waals surface area (Å²) in [6, 6.07) is 4.20. The molecule has 2 aromatic rings. The van der Waals surface area contributed by atoms with E-state index in [0.717, 1.165) is 53.1 Å². The van der Waals surface area contributed by atoms with Crippen molar-refractivity contribution in [1.82, 2.24) is 15.6 Å². The first-order valence-electron chi connectivity index (χ1n) is 9.39. The number of ether oxygens (including phenoxy) is 2. The summed E-state index contributed by atoms with van der Waals surface area (Å²) >= 11 is 1.68. The Morgan fingerprint density at radius 2 is 2.21 bits per heavy atom. The van der Waals surface area contributed by atoms with Gasteiger partial charge in [-0.05, 0) is 32.9 Å². The number of aryl methyl sites for hydroxylation is 1. The second-order valence-corrected chi connectivity index (χ2v) is 7.66. The molecule has 0 fully saturated rings. The predicted octanol–water partition coefficient (Wildman–Crippen LogP) is 3.70. The molecule has 0 radical (unpaired) electrons. The van der Waals surface area contributed by atoms with Crippen molar-refractivity contribution in [1.29, 1.82) is 0 Å². The van der Waals surface area contributed by atoms with Gasteiger partial charge in [-0.15, -0.1) is 35.3 Å². The van der Waals surface area contributed by atoms with Gasteiger partial charge in [-0.1, -0.05) is 0 Å². The molecule has 1 atom stereocenters. The molecule has 1 unspecified atom stereocenters. The van der Waals surface area contributed by atoms with E-state index >= 15 is 0 Å². The lowest BCUT2D eigenvalue weighted by atomic mass is 10.1. The smallest absolute Gasteiger partial charge is 0.191 e. The van der Waals surface area contributed by atoms with Crippen molar-refractivity contribution in [2.45, 2.75) is 46.3 Å². The number of hydrogen-bond donors (Lipinski definition) is 2. The van der Waals surface area contributed by atoms with E-state index in [1.165, 1.54) is 5.56 Å². The summed E-state index contributed by atoms with van der Waals surface area (Å²) in [6.45, 7) is 8.17. The molecule has 6 nitrogen and oxygen atoms in total. The quantitative estimate of drug-likeness (QED) is 0.334. The molecule has 1 aromatic carbocycles. The third-order valence-electron chi connectivity index (χ3n) is 4.39. The average molecular weight is 516 g/mol. The maximum Gasteiger partial charge on any atom is 0.191 e. The number of benzene rings is 1. The highest BCUT2D eigenvalue weighted by Crippen LogP contribution is 2.35. The van der Waals surface area contributed by atoms with Crippen molar-refractivity contribution in [2.24, 2.45) is 4.99 Å². The molecule has 2 heterocycles. The molecule has 8 heteroatoms. The lowest BCUT2D eigenvalue weighted by Crippen LogP contribution is -2.38. The zero-order valence-corrected chi connectivity index (χ0v) is 20.0. The van der Waals surface area contributed by atoms with Crippen LogP contribution in [0.15, 0.2) is 22.5 Å². The van der Waals surface area contributed by atoms with Crippen molar-refractivity contribution < 1.29 is 9.47 Å². The lowest BCUT2D eigenvalue weighted by molar-refractivity contribution is 0.254. The van der Waals surface area contributed by atoms with Crippen LogP contribution in [0.25, 0.3) is 0 Å². The summed E-state index contributed by atoms with van der Waals surface area (Å²) in [5.74, 6) is 2.64. The monoisotopic (exact) mass is 516 g/mol. The average Bonchev–Trinajstić information content (AvgIpc) is 3.22. The number of aliphatic imine (C=N–C) groups is 1. The molecule has 1 aliphatic rings. The van der Waals surface area contributed by atoms with E-state index in [9.17, 15) is 0 Å². The van der Waals surface area contributed by atoms with Crippen molar-refractivity contribution in [3.8, 4) is 11.5 Å². The fourth-order valence-electron chi connectivity index (χ4n) is 3.14. The normalized spacial score (nSPS) is 15.4. The molecule has 0 saturated heterocycles. The van der Waals surface area contributed by atoms with E-state index in [-0.39, 0.29) is 30.1 Å². The van der Waals surface area contributed by atoms with E-state index < -0.39 is 0 Å². The summed E-state index contributed by atoms with van der Waals surface area (Å²) < 4.78 is 11.7. The lowest BCUT2D eigenvalue weighted by Gasteiger charge is -2.15. The highest BCUT2D eigenvalue weighted by atomic mass is 127. The van der Waals surface area contributed by atoms with Gasteiger partial charge in [0, 0.05) is 49.5 Å². The van der Waals surface area contributed by atoms with Crippen LogP contribution in [0.5, 0.6) is 11.5 Å². The van der Waals surface area contributed by atoms with Gasteiger partial charge in [0.05, 0.1) is 17.3 Å².